The first-order valence-electron chi connectivity index (χ1n) is 2.90. The molecule has 0 saturated carbocycles. The molecule has 10 heavy (non-hydrogen) atoms. The van der Waals surface area contributed by atoms with Crippen molar-refractivity contribution in [1.82, 2.24) is 9.55 Å². The van der Waals surface area contributed by atoms with Gasteiger partial charge in [-0.05, 0) is 6.92 Å². The molecule has 1 aromatic rings. The van der Waals surface area contributed by atoms with Crippen molar-refractivity contribution in [1.29, 1.82) is 0 Å². The van der Waals surface area contributed by atoms with Gasteiger partial charge >= 0.3 is 0 Å². The Hall–Kier alpha value is -1.32. The van der Waals surface area contributed by atoms with E-state index in [1.807, 2.05) is 0 Å². The smallest absolute Gasteiger partial charge is 0.258 e. The molecule has 0 saturated heterocycles. The van der Waals surface area contributed by atoms with Crippen LogP contribution in [0.5, 0.6) is 0 Å². The number of aryl methyl sites for hydroxylation is 1. The molecule has 4 heteroatoms. The van der Waals surface area contributed by atoms with Crippen LogP contribution >= 0.6 is 0 Å². The topological polar surface area (TPSA) is 60.9 Å². The monoisotopic (exact) mass is 139 g/mol. The highest BCUT2D eigenvalue weighted by Crippen LogP contribution is 1.95. The molecule has 1 aromatic heterocycles. The van der Waals surface area contributed by atoms with E-state index in [4.69, 9.17) is 5.73 Å². The molecule has 0 atom stereocenters. The van der Waals surface area contributed by atoms with Crippen LogP contribution in [0.3, 0.4) is 0 Å². The zero-order valence-electron chi connectivity index (χ0n) is 5.96. The number of hydrogen-bond acceptors (Lipinski definition) is 3. The molecule has 0 radical (unpaired) electrons. The molecule has 54 valence electrons. The molecule has 0 amide bonds. The van der Waals surface area contributed by atoms with E-state index >= 15 is 0 Å². The Morgan fingerprint density at radius 1 is 1.70 bits per heavy atom. The maximum Gasteiger partial charge on any atom is 0.258 e. The van der Waals surface area contributed by atoms with Gasteiger partial charge in [0.2, 0.25) is 0 Å². The van der Waals surface area contributed by atoms with Gasteiger partial charge in [-0.3, -0.25) is 4.79 Å². The fraction of sp³-hybridized carbons (Fsp3) is 0.333. The van der Waals surface area contributed by atoms with Gasteiger partial charge in [0.1, 0.15) is 5.82 Å². The summed E-state index contributed by atoms with van der Waals surface area (Å²) in [5, 5.41) is 0. The van der Waals surface area contributed by atoms with Gasteiger partial charge in [0, 0.05) is 7.05 Å². The molecule has 0 aliphatic carbocycles. The van der Waals surface area contributed by atoms with E-state index in [1.165, 1.54) is 10.9 Å². The van der Waals surface area contributed by atoms with Gasteiger partial charge in [-0.2, -0.15) is 0 Å². The molecule has 2 N–H and O–H groups in total. The van der Waals surface area contributed by atoms with E-state index < -0.39 is 0 Å². The lowest BCUT2D eigenvalue weighted by molar-refractivity contribution is 0.816. The number of rotatable bonds is 0. The second kappa shape index (κ2) is 2.13. The molecule has 1 rings (SSSR count). The highest BCUT2D eigenvalue weighted by atomic mass is 16.1. The average molecular weight is 139 g/mol. The summed E-state index contributed by atoms with van der Waals surface area (Å²) in [5.41, 5.74) is 5.78. The third-order valence-corrected chi connectivity index (χ3v) is 1.40. The van der Waals surface area contributed by atoms with Crippen LogP contribution in [0.2, 0.25) is 0 Å². The Kier molecular flexibility index (Phi) is 1.45. The molecule has 1 heterocycles. The average Bonchev–Trinajstić information content (AvgIpc) is 1.93. The quantitative estimate of drug-likeness (QED) is 0.535. The van der Waals surface area contributed by atoms with Crippen LogP contribution in [0.25, 0.3) is 0 Å². The highest BCUT2D eigenvalue weighted by molar-refractivity contribution is 5.34. The van der Waals surface area contributed by atoms with Crippen molar-refractivity contribution in [3.8, 4) is 0 Å². The Balaban J connectivity index is 3.50. The number of aromatic nitrogens is 2. The van der Waals surface area contributed by atoms with Crippen LogP contribution in [0, 0.1) is 6.92 Å². The molecule has 0 bridgehead atoms. The van der Waals surface area contributed by atoms with Crippen molar-refractivity contribution in [2.75, 3.05) is 5.73 Å². The van der Waals surface area contributed by atoms with E-state index in [2.05, 4.69) is 4.98 Å². The number of nitrogens with zero attached hydrogens (tertiary/aromatic N) is 2. The molecule has 0 unspecified atom stereocenters. The summed E-state index contributed by atoms with van der Waals surface area (Å²) in [6, 6.07) is 0. The summed E-state index contributed by atoms with van der Waals surface area (Å²) in [6.07, 6.45) is 1.41. The van der Waals surface area contributed by atoms with Crippen molar-refractivity contribution in [3.63, 3.8) is 0 Å². The van der Waals surface area contributed by atoms with E-state index in [9.17, 15) is 4.79 Å². The Morgan fingerprint density at radius 2 is 2.30 bits per heavy atom. The van der Waals surface area contributed by atoms with Crippen LogP contribution in [0.4, 0.5) is 5.82 Å². The van der Waals surface area contributed by atoms with Gasteiger partial charge in [0.05, 0.1) is 11.9 Å². The number of nitrogen functional groups attached to an aromatic ring is 1. The standard InChI is InChI=1S/C6H9N3O/c1-4-5(7)8-3-9(2)6(4)10/h3H,7H2,1-2H3. The van der Waals surface area contributed by atoms with Gasteiger partial charge in [-0.15, -0.1) is 0 Å². The summed E-state index contributed by atoms with van der Waals surface area (Å²) in [7, 11) is 1.64. The van der Waals surface area contributed by atoms with Gasteiger partial charge in [-0.1, -0.05) is 0 Å². The second-order valence-electron chi connectivity index (χ2n) is 2.17. The zero-order valence-corrected chi connectivity index (χ0v) is 5.96. The molecular formula is C6H9N3O. The lowest BCUT2D eigenvalue weighted by atomic mass is 10.3. The van der Waals surface area contributed by atoms with Gasteiger partial charge in [0.25, 0.3) is 5.56 Å². The Labute approximate surface area is 58.3 Å². The minimum atomic E-state index is -0.0903. The van der Waals surface area contributed by atoms with Gasteiger partial charge < -0.3 is 10.3 Å². The van der Waals surface area contributed by atoms with Crippen molar-refractivity contribution < 1.29 is 0 Å². The summed E-state index contributed by atoms with van der Waals surface area (Å²) >= 11 is 0. The SMILES string of the molecule is Cc1c(N)ncn(C)c1=O. The normalized spacial score (nSPS) is 9.80. The van der Waals surface area contributed by atoms with E-state index in [-0.39, 0.29) is 5.56 Å². The predicted molar refractivity (Wildman–Crippen MR) is 38.6 cm³/mol. The lowest BCUT2D eigenvalue weighted by Gasteiger charge is -1.99. The third kappa shape index (κ3) is 0.877. The minimum absolute atomic E-state index is 0.0903. The minimum Gasteiger partial charge on any atom is -0.383 e. The Morgan fingerprint density at radius 3 is 2.80 bits per heavy atom. The van der Waals surface area contributed by atoms with Crippen LogP contribution in [0.15, 0.2) is 11.1 Å². The maximum atomic E-state index is 11.0. The van der Waals surface area contributed by atoms with Crippen molar-refractivity contribution in [2.24, 2.45) is 7.05 Å². The first-order valence-corrected chi connectivity index (χ1v) is 2.90. The number of hydrogen-bond donors (Lipinski definition) is 1. The van der Waals surface area contributed by atoms with Gasteiger partial charge in [-0.25, -0.2) is 4.98 Å². The first-order chi connectivity index (χ1) is 4.63. The molecule has 0 aliphatic rings. The summed E-state index contributed by atoms with van der Waals surface area (Å²) in [6.45, 7) is 1.66. The van der Waals surface area contributed by atoms with Crippen molar-refractivity contribution in [3.05, 3.63) is 22.2 Å². The Bertz CT molecular complexity index is 302. The molecule has 0 aliphatic heterocycles. The molecular weight excluding hydrogens is 130 g/mol. The van der Waals surface area contributed by atoms with E-state index in [0.29, 0.717) is 11.4 Å². The molecule has 4 nitrogen and oxygen atoms in total. The maximum absolute atomic E-state index is 11.0. The third-order valence-electron chi connectivity index (χ3n) is 1.40. The summed E-state index contributed by atoms with van der Waals surface area (Å²) in [4.78, 5) is 14.8. The molecule has 0 spiro atoms. The van der Waals surface area contributed by atoms with Crippen LogP contribution in [-0.2, 0) is 7.05 Å². The number of nitrogens with two attached hydrogens (primary N) is 1. The molecule has 0 aromatic carbocycles. The van der Waals surface area contributed by atoms with Crippen LogP contribution < -0.4 is 11.3 Å². The van der Waals surface area contributed by atoms with Crippen LogP contribution in [0.1, 0.15) is 5.56 Å². The van der Waals surface area contributed by atoms with E-state index in [0.717, 1.165) is 0 Å². The highest BCUT2D eigenvalue weighted by Gasteiger charge is 1.99. The van der Waals surface area contributed by atoms with E-state index in [1.54, 1.807) is 14.0 Å². The first kappa shape index (κ1) is 6.80. The lowest BCUT2D eigenvalue weighted by Crippen LogP contribution is -2.21. The largest absolute Gasteiger partial charge is 0.383 e. The summed E-state index contributed by atoms with van der Waals surface area (Å²) in [5.74, 6) is 0.308. The fourth-order valence-corrected chi connectivity index (χ4v) is 0.672. The summed E-state index contributed by atoms with van der Waals surface area (Å²) < 4.78 is 1.39. The number of anilines is 1. The van der Waals surface area contributed by atoms with Crippen LogP contribution in [-0.4, -0.2) is 9.55 Å². The van der Waals surface area contributed by atoms with Gasteiger partial charge in [0.15, 0.2) is 0 Å². The zero-order chi connectivity index (χ0) is 7.72. The predicted octanol–water partition coefficient (Wildman–Crippen LogP) is -0.329. The van der Waals surface area contributed by atoms with Crippen molar-refractivity contribution in [2.45, 2.75) is 6.92 Å². The van der Waals surface area contributed by atoms with Crippen molar-refractivity contribution >= 4 is 5.82 Å². The fourth-order valence-electron chi connectivity index (χ4n) is 0.672. The molecule has 0 fully saturated rings. The second-order valence-corrected chi connectivity index (χ2v) is 2.17.